The van der Waals surface area contributed by atoms with Crippen molar-refractivity contribution in [1.82, 2.24) is 5.32 Å². The van der Waals surface area contributed by atoms with Crippen molar-refractivity contribution in [3.63, 3.8) is 0 Å². The Morgan fingerprint density at radius 1 is 1.00 bits per heavy atom. The van der Waals surface area contributed by atoms with Crippen molar-refractivity contribution in [3.8, 4) is 0 Å². The van der Waals surface area contributed by atoms with Gasteiger partial charge in [-0.2, -0.15) is 0 Å². The molecule has 0 radical (unpaired) electrons. The van der Waals surface area contributed by atoms with Gasteiger partial charge in [-0.3, -0.25) is 0 Å². The van der Waals surface area contributed by atoms with Crippen LogP contribution in [0.1, 0.15) is 91.4 Å². The van der Waals surface area contributed by atoms with Crippen molar-refractivity contribution >= 4 is 0 Å². The Morgan fingerprint density at radius 2 is 1.52 bits per heavy atom. The fourth-order valence-electron chi connectivity index (χ4n) is 2.77. The second-order valence-corrected chi connectivity index (χ2v) is 6.61. The highest BCUT2D eigenvalue weighted by Crippen LogP contribution is 2.12. The van der Waals surface area contributed by atoms with Crippen molar-refractivity contribution < 1.29 is 0 Å². The van der Waals surface area contributed by atoms with E-state index in [1.54, 1.807) is 0 Å². The Kier molecular flexibility index (Phi) is 14.0. The van der Waals surface area contributed by atoms with Gasteiger partial charge in [0.2, 0.25) is 0 Å². The molecule has 124 valence electrons. The normalized spacial score (nSPS) is 13.9. The molecule has 0 aromatic rings. The van der Waals surface area contributed by atoms with E-state index in [4.69, 9.17) is 0 Å². The highest BCUT2D eigenvalue weighted by atomic mass is 14.9. The molecule has 1 heteroatoms. The van der Waals surface area contributed by atoms with Crippen LogP contribution in [0.2, 0.25) is 0 Å². The van der Waals surface area contributed by atoms with E-state index >= 15 is 0 Å². The molecule has 0 aromatic heterocycles. The minimum absolute atomic E-state index is 0.399. The monoisotopic (exact) mass is 293 g/mol. The van der Waals surface area contributed by atoms with E-state index in [0.29, 0.717) is 12.1 Å². The third kappa shape index (κ3) is 12.9. The van der Waals surface area contributed by atoms with Crippen molar-refractivity contribution in [3.05, 3.63) is 24.8 Å². The number of hydrogen-bond acceptors (Lipinski definition) is 1. The van der Waals surface area contributed by atoms with Gasteiger partial charge in [0.15, 0.2) is 0 Å². The van der Waals surface area contributed by atoms with Gasteiger partial charge in [0.25, 0.3) is 0 Å². The van der Waals surface area contributed by atoms with Gasteiger partial charge < -0.3 is 5.32 Å². The molecule has 0 aliphatic heterocycles. The fourth-order valence-corrected chi connectivity index (χ4v) is 2.77. The molecule has 21 heavy (non-hydrogen) atoms. The second kappa shape index (κ2) is 14.4. The van der Waals surface area contributed by atoms with Crippen molar-refractivity contribution in [2.75, 3.05) is 0 Å². The summed E-state index contributed by atoms with van der Waals surface area (Å²) in [4.78, 5) is 0. The summed E-state index contributed by atoms with van der Waals surface area (Å²) >= 11 is 0. The molecule has 0 saturated heterocycles. The van der Waals surface area contributed by atoms with Crippen LogP contribution in [0, 0.1) is 0 Å². The zero-order valence-electron chi connectivity index (χ0n) is 14.9. The van der Waals surface area contributed by atoms with Crippen LogP contribution in [-0.2, 0) is 0 Å². The molecular formula is C20H39N. The second-order valence-electron chi connectivity index (χ2n) is 6.61. The molecule has 0 aliphatic carbocycles. The summed E-state index contributed by atoms with van der Waals surface area (Å²) in [6.07, 6.45) is 16.9. The van der Waals surface area contributed by atoms with Crippen LogP contribution in [-0.4, -0.2) is 12.1 Å². The summed E-state index contributed by atoms with van der Waals surface area (Å²) in [5.41, 5.74) is 1.22. The number of nitrogens with one attached hydrogen (secondary N) is 1. The van der Waals surface area contributed by atoms with Crippen LogP contribution >= 0.6 is 0 Å². The maximum Gasteiger partial charge on any atom is 0.0310 e. The Labute approximate surface area is 134 Å². The third-order valence-corrected chi connectivity index (χ3v) is 4.22. The van der Waals surface area contributed by atoms with Crippen LogP contribution in [0.25, 0.3) is 0 Å². The molecule has 0 rings (SSSR count). The van der Waals surface area contributed by atoms with Crippen LogP contribution in [0.4, 0.5) is 0 Å². The average molecular weight is 294 g/mol. The van der Waals surface area contributed by atoms with E-state index in [-0.39, 0.29) is 0 Å². The molecule has 0 aliphatic rings. The molecule has 0 bridgehead atoms. The largest absolute Gasteiger partial charge is 0.307 e. The summed E-state index contributed by atoms with van der Waals surface area (Å²) in [6, 6.07) is 0.979. The lowest BCUT2D eigenvalue weighted by Gasteiger charge is -2.22. The molecule has 0 spiro atoms. The van der Waals surface area contributed by atoms with E-state index in [1.807, 2.05) is 6.08 Å². The molecule has 0 fully saturated rings. The first-order chi connectivity index (χ1) is 10.1. The molecule has 0 aromatic carbocycles. The Balaban J connectivity index is 3.50. The standard InChI is InChI=1S/C20H39N/c1-6-8-9-10-11-12-13-14-15-17-19(5)21-20(16-7-2)18(3)4/h7,19-21H,2-3,6,8-17H2,1,4-5H3. The Bertz CT molecular complexity index is 257. The SMILES string of the molecule is C=CCC(NC(C)CCCCCCCCCCC)C(=C)C. The van der Waals surface area contributed by atoms with Gasteiger partial charge in [-0.25, -0.2) is 0 Å². The van der Waals surface area contributed by atoms with E-state index in [9.17, 15) is 0 Å². The first kappa shape index (κ1) is 20.4. The minimum atomic E-state index is 0.399. The molecule has 1 nitrogen and oxygen atoms in total. The summed E-state index contributed by atoms with van der Waals surface area (Å²) in [7, 11) is 0. The predicted molar refractivity (Wildman–Crippen MR) is 97.9 cm³/mol. The van der Waals surface area contributed by atoms with E-state index in [2.05, 4.69) is 39.2 Å². The van der Waals surface area contributed by atoms with E-state index < -0.39 is 0 Å². The molecule has 2 unspecified atom stereocenters. The van der Waals surface area contributed by atoms with Crippen LogP contribution in [0.3, 0.4) is 0 Å². The Morgan fingerprint density at radius 3 is 2.00 bits per heavy atom. The Hall–Kier alpha value is -0.560. The van der Waals surface area contributed by atoms with E-state index in [0.717, 1.165) is 6.42 Å². The molecule has 1 N–H and O–H groups in total. The lowest BCUT2D eigenvalue weighted by molar-refractivity contribution is 0.439. The first-order valence-electron chi connectivity index (χ1n) is 9.14. The quantitative estimate of drug-likeness (QED) is 0.272. The van der Waals surface area contributed by atoms with Crippen LogP contribution < -0.4 is 5.32 Å². The lowest BCUT2D eigenvalue weighted by Crippen LogP contribution is -2.36. The maximum absolute atomic E-state index is 4.07. The summed E-state index contributed by atoms with van der Waals surface area (Å²) in [6.45, 7) is 14.6. The van der Waals surface area contributed by atoms with Gasteiger partial charge >= 0.3 is 0 Å². The van der Waals surface area contributed by atoms with Gasteiger partial charge in [-0.05, 0) is 26.7 Å². The highest BCUT2D eigenvalue weighted by Gasteiger charge is 2.10. The fraction of sp³-hybridized carbons (Fsp3) is 0.800. The third-order valence-electron chi connectivity index (χ3n) is 4.22. The summed E-state index contributed by atoms with van der Waals surface area (Å²) in [5, 5.41) is 3.67. The molecule has 0 saturated carbocycles. The minimum Gasteiger partial charge on any atom is -0.307 e. The highest BCUT2D eigenvalue weighted by molar-refractivity contribution is 5.04. The molecule has 0 heterocycles. The summed E-state index contributed by atoms with van der Waals surface area (Å²) in [5.74, 6) is 0. The van der Waals surface area contributed by atoms with Gasteiger partial charge in [0.1, 0.15) is 0 Å². The number of unbranched alkanes of at least 4 members (excludes halogenated alkanes) is 8. The van der Waals surface area contributed by atoms with Gasteiger partial charge in [-0.1, -0.05) is 82.9 Å². The predicted octanol–water partition coefficient (Wildman–Crippen LogP) is 6.41. The molecule has 2 atom stereocenters. The number of hydrogen-bond donors (Lipinski definition) is 1. The zero-order chi connectivity index (χ0) is 15.9. The molecule has 0 amide bonds. The summed E-state index contributed by atoms with van der Waals surface area (Å²) < 4.78 is 0. The topological polar surface area (TPSA) is 12.0 Å². The van der Waals surface area contributed by atoms with Gasteiger partial charge in [0, 0.05) is 12.1 Å². The van der Waals surface area contributed by atoms with E-state index in [1.165, 1.54) is 69.8 Å². The molecular weight excluding hydrogens is 254 g/mol. The van der Waals surface area contributed by atoms with Gasteiger partial charge in [-0.15, -0.1) is 6.58 Å². The van der Waals surface area contributed by atoms with Gasteiger partial charge in [0.05, 0.1) is 0 Å². The number of rotatable bonds is 15. The maximum atomic E-state index is 4.07. The van der Waals surface area contributed by atoms with Crippen LogP contribution in [0.15, 0.2) is 24.8 Å². The van der Waals surface area contributed by atoms with Crippen LogP contribution in [0.5, 0.6) is 0 Å². The zero-order valence-corrected chi connectivity index (χ0v) is 14.9. The average Bonchev–Trinajstić information content (AvgIpc) is 2.45. The lowest BCUT2D eigenvalue weighted by atomic mass is 10.0. The smallest absolute Gasteiger partial charge is 0.0310 e. The van der Waals surface area contributed by atoms with Crippen molar-refractivity contribution in [1.29, 1.82) is 0 Å². The first-order valence-corrected chi connectivity index (χ1v) is 9.14. The van der Waals surface area contributed by atoms with Crippen molar-refractivity contribution in [2.24, 2.45) is 0 Å². The van der Waals surface area contributed by atoms with Crippen molar-refractivity contribution in [2.45, 2.75) is 103 Å².